The first-order chi connectivity index (χ1) is 3.66. The van der Waals surface area contributed by atoms with Crippen LogP contribution in [0.15, 0.2) is 29.8 Å². The molecule has 0 unspecified atom stereocenters. The lowest BCUT2D eigenvalue weighted by Crippen LogP contribution is -1.78. The second-order valence-corrected chi connectivity index (χ2v) is 1.94. The van der Waals surface area contributed by atoms with Crippen molar-refractivity contribution < 1.29 is 0 Å². The maximum Gasteiger partial charge on any atom is 0.140 e. The average Bonchev–Trinajstić information content (AvgIpc) is 1.65. The molecule has 0 aliphatic heterocycles. The van der Waals surface area contributed by atoms with Crippen LogP contribution in [0.2, 0.25) is 0 Å². The van der Waals surface area contributed by atoms with Gasteiger partial charge in [-0.2, -0.15) is 0 Å². The summed E-state index contributed by atoms with van der Waals surface area (Å²) >= 11 is 3.07. The maximum atomic E-state index is 5.11. The highest BCUT2D eigenvalue weighted by Crippen LogP contribution is 1.94. The van der Waals surface area contributed by atoms with Gasteiger partial charge in [-0.15, -0.1) is 0 Å². The van der Waals surface area contributed by atoms with Crippen LogP contribution in [-0.4, -0.2) is 12.5 Å². The van der Waals surface area contributed by atoms with Gasteiger partial charge in [0.25, 0.3) is 0 Å². The van der Waals surface area contributed by atoms with E-state index >= 15 is 0 Å². The molecule has 0 saturated heterocycles. The first kappa shape index (κ1) is 7.69. The Morgan fingerprint density at radius 2 is 2.25 bits per heavy atom. The standard InChI is InChI=1S/C5H5BBrN/c1-3-5(7)8-4(2)6/h3H,1-2H2/b8-5+. The molecule has 0 aromatic rings. The quantitative estimate of drug-likeness (QED) is 0.440. The van der Waals surface area contributed by atoms with Crippen molar-refractivity contribution in [2.75, 3.05) is 0 Å². The first-order valence-corrected chi connectivity index (χ1v) is 2.77. The zero-order valence-corrected chi connectivity index (χ0v) is 5.98. The molecule has 40 valence electrons. The Hall–Kier alpha value is -0.305. The highest BCUT2D eigenvalue weighted by atomic mass is 79.9. The average molecular weight is 170 g/mol. The molecule has 0 heterocycles. The molecule has 2 radical (unpaired) electrons. The summed E-state index contributed by atoms with van der Waals surface area (Å²) in [6, 6.07) is 0. The topological polar surface area (TPSA) is 12.4 Å². The van der Waals surface area contributed by atoms with Crippen LogP contribution in [0, 0.1) is 0 Å². The molecule has 0 N–H and O–H groups in total. The fourth-order valence-electron chi connectivity index (χ4n) is 0.183. The Labute approximate surface area is 58.7 Å². The summed E-state index contributed by atoms with van der Waals surface area (Å²) in [6.07, 6.45) is 1.54. The van der Waals surface area contributed by atoms with Gasteiger partial charge < -0.3 is 0 Å². The molecule has 0 bridgehead atoms. The number of aliphatic imine (C=N–C) groups is 1. The number of allylic oxidation sites excluding steroid dienone is 1. The van der Waals surface area contributed by atoms with Gasteiger partial charge in [0.1, 0.15) is 12.5 Å². The highest BCUT2D eigenvalue weighted by Gasteiger charge is 1.80. The molecule has 0 aromatic carbocycles. The molecule has 0 aliphatic rings. The minimum absolute atomic E-state index is 0.275. The van der Waals surface area contributed by atoms with Crippen LogP contribution < -0.4 is 0 Å². The lowest BCUT2D eigenvalue weighted by Gasteiger charge is -1.86. The second-order valence-electron chi connectivity index (χ2n) is 1.13. The molecule has 0 aliphatic carbocycles. The predicted molar refractivity (Wildman–Crippen MR) is 41.5 cm³/mol. The molecule has 0 aromatic heterocycles. The van der Waals surface area contributed by atoms with Gasteiger partial charge in [-0.25, -0.2) is 0 Å². The van der Waals surface area contributed by atoms with Gasteiger partial charge in [-0.1, -0.05) is 13.2 Å². The molecule has 0 atom stereocenters. The third kappa shape index (κ3) is 3.87. The molecule has 0 rings (SSSR count). The van der Waals surface area contributed by atoms with Crippen molar-refractivity contribution >= 4 is 28.4 Å². The van der Waals surface area contributed by atoms with Crippen LogP contribution in [-0.2, 0) is 0 Å². The second kappa shape index (κ2) is 3.67. The zero-order valence-electron chi connectivity index (χ0n) is 4.39. The lowest BCUT2D eigenvalue weighted by molar-refractivity contribution is 1.56. The number of hydrogen-bond acceptors (Lipinski definition) is 1. The van der Waals surface area contributed by atoms with Gasteiger partial charge in [0.05, 0.1) is 0 Å². The Bertz CT molecular complexity index is 139. The largest absolute Gasteiger partial charge is 0.258 e. The molecule has 3 heteroatoms. The zero-order chi connectivity index (χ0) is 6.57. The van der Waals surface area contributed by atoms with Crippen LogP contribution in [0.25, 0.3) is 0 Å². The van der Waals surface area contributed by atoms with E-state index in [1.54, 1.807) is 0 Å². The van der Waals surface area contributed by atoms with Crippen molar-refractivity contribution in [1.82, 2.24) is 0 Å². The summed E-state index contributed by atoms with van der Waals surface area (Å²) in [6.45, 7) is 6.79. The molecule has 0 fully saturated rings. The van der Waals surface area contributed by atoms with Crippen molar-refractivity contribution in [2.24, 2.45) is 4.99 Å². The van der Waals surface area contributed by atoms with Gasteiger partial charge in [0.2, 0.25) is 0 Å². The fourth-order valence-corrected chi connectivity index (χ4v) is 0.411. The molecule has 0 spiro atoms. The van der Waals surface area contributed by atoms with E-state index in [2.05, 4.69) is 34.1 Å². The summed E-state index contributed by atoms with van der Waals surface area (Å²) in [7, 11) is 5.11. The van der Waals surface area contributed by atoms with Crippen LogP contribution in [0.3, 0.4) is 0 Å². The Balaban J connectivity index is 3.94. The Morgan fingerprint density at radius 3 is 2.38 bits per heavy atom. The first-order valence-electron chi connectivity index (χ1n) is 1.98. The summed E-state index contributed by atoms with van der Waals surface area (Å²) in [5.74, 6) is 0. The van der Waals surface area contributed by atoms with Crippen molar-refractivity contribution in [2.45, 2.75) is 0 Å². The number of nitrogens with zero attached hydrogens (tertiary/aromatic N) is 1. The van der Waals surface area contributed by atoms with Crippen molar-refractivity contribution in [1.29, 1.82) is 0 Å². The highest BCUT2D eigenvalue weighted by molar-refractivity contribution is 9.18. The molecule has 0 saturated carbocycles. The van der Waals surface area contributed by atoms with Crippen molar-refractivity contribution in [3.8, 4) is 0 Å². The maximum absolute atomic E-state index is 5.11. The SMILES string of the molecule is [B]C(=C)/N=C(/Br)C=C. The summed E-state index contributed by atoms with van der Waals surface area (Å²) in [4.78, 5) is 3.69. The Morgan fingerprint density at radius 1 is 1.75 bits per heavy atom. The minimum atomic E-state index is 0.275. The third-order valence-corrected chi connectivity index (χ3v) is 0.920. The lowest BCUT2D eigenvalue weighted by atomic mass is 10.1. The summed E-state index contributed by atoms with van der Waals surface area (Å²) in [5, 5.41) is 0. The molecule has 8 heavy (non-hydrogen) atoms. The monoisotopic (exact) mass is 169 g/mol. The van der Waals surface area contributed by atoms with E-state index in [0.29, 0.717) is 4.62 Å². The number of halogens is 1. The molecular weight excluding hydrogens is 165 g/mol. The van der Waals surface area contributed by atoms with Crippen molar-refractivity contribution in [3.05, 3.63) is 24.8 Å². The van der Waals surface area contributed by atoms with E-state index in [1.165, 1.54) is 6.08 Å². The van der Waals surface area contributed by atoms with E-state index in [9.17, 15) is 0 Å². The number of rotatable bonds is 2. The fraction of sp³-hybridized carbons (Fsp3) is 0. The van der Waals surface area contributed by atoms with Crippen LogP contribution in [0.1, 0.15) is 0 Å². The van der Waals surface area contributed by atoms with E-state index in [0.717, 1.165) is 0 Å². The number of hydrogen-bond donors (Lipinski definition) is 0. The minimum Gasteiger partial charge on any atom is -0.258 e. The molecular formula is C5H5BBrN. The van der Waals surface area contributed by atoms with E-state index in [-0.39, 0.29) is 5.60 Å². The van der Waals surface area contributed by atoms with E-state index < -0.39 is 0 Å². The predicted octanol–water partition coefficient (Wildman–Crippen LogP) is 1.61. The van der Waals surface area contributed by atoms with Gasteiger partial charge in [-0.05, 0) is 27.6 Å². The van der Waals surface area contributed by atoms with Gasteiger partial charge >= 0.3 is 0 Å². The summed E-state index contributed by atoms with van der Waals surface area (Å²) < 4.78 is 0.602. The van der Waals surface area contributed by atoms with Gasteiger partial charge in [0, 0.05) is 0 Å². The van der Waals surface area contributed by atoms with Gasteiger partial charge in [0.15, 0.2) is 0 Å². The summed E-state index contributed by atoms with van der Waals surface area (Å²) in [5.41, 5.74) is 0.275. The van der Waals surface area contributed by atoms with Crippen LogP contribution >= 0.6 is 15.9 Å². The normalized spacial score (nSPS) is 10.9. The third-order valence-electron chi connectivity index (χ3n) is 0.419. The van der Waals surface area contributed by atoms with E-state index in [1.807, 2.05) is 0 Å². The Kier molecular flexibility index (Phi) is 3.53. The smallest absolute Gasteiger partial charge is 0.140 e. The van der Waals surface area contributed by atoms with E-state index in [4.69, 9.17) is 7.85 Å². The van der Waals surface area contributed by atoms with Crippen LogP contribution in [0.4, 0.5) is 0 Å². The molecule has 0 amide bonds. The van der Waals surface area contributed by atoms with Gasteiger partial charge in [-0.3, -0.25) is 4.99 Å². The molecule has 1 nitrogen and oxygen atoms in total. The van der Waals surface area contributed by atoms with Crippen LogP contribution in [0.5, 0.6) is 0 Å². The van der Waals surface area contributed by atoms with Crippen molar-refractivity contribution in [3.63, 3.8) is 0 Å².